The second kappa shape index (κ2) is 12.8. The van der Waals surface area contributed by atoms with Crippen LogP contribution in [0.4, 0.5) is 0 Å². The van der Waals surface area contributed by atoms with Gasteiger partial charge in [-0.2, -0.15) is 0 Å². The number of hydrogen-bond acceptors (Lipinski definition) is 1. The molecule has 0 spiro atoms. The van der Waals surface area contributed by atoms with Crippen LogP contribution in [0, 0.1) is 0 Å². The van der Waals surface area contributed by atoms with Crippen molar-refractivity contribution < 1.29 is 4.42 Å². The predicted molar refractivity (Wildman–Crippen MR) is 271 cm³/mol. The van der Waals surface area contributed by atoms with E-state index in [0.29, 0.717) is 0 Å². The molecule has 0 atom stereocenters. The number of hydrogen-bond donors (Lipinski definition) is 0. The monoisotopic (exact) mass is 734 g/mol. The maximum Gasteiger partial charge on any atom is 0.141 e. The van der Waals surface area contributed by atoms with E-state index in [1.54, 1.807) is 0 Å². The van der Waals surface area contributed by atoms with Crippen LogP contribution in [0.25, 0.3) is 99.2 Å². The van der Waals surface area contributed by atoms with Gasteiger partial charge in [0.25, 0.3) is 0 Å². The molecule has 3 aromatic heterocycles. The Morgan fingerprint density at radius 3 is 1.79 bits per heavy atom. The third-order valence-corrected chi connectivity index (χ3v) is 13.4. The number of fused-ring (bicyclic) bond motifs is 9. The lowest BCUT2D eigenvalue weighted by molar-refractivity contribution is 0.669. The molecule has 0 bridgehead atoms. The summed E-state index contributed by atoms with van der Waals surface area (Å²) in [5.74, 6) is 0. The van der Waals surface area contributed by atoms with Crippen LogP contribution in [-0.2, 0) is 0 Å². The van der Waals surface area contributed by atoms with E-state index in [2.05, 4.69) is 204 Å². The van der Waals surface area contributed by atoms with Crippen molar-refractivity contribution in [1.29, 1.82) is 0 Å². The Hall–Kier alpha value is -6.39. The molecule has 58 heavy (non-hydrogen) atoms. The standard InChI is InChI=1S/C48H37B7N2O/c49-40-35(25-21-22-30-29(23-25)36-27(24-11-3-1-4-12-24)16-9-17-31(36)56(30)26-13-5-2-6-14-26)41(50)45(54)47-38(40)39-42(51)43(52)44(53)46(55)48(39)57(47)32-18-10-20-34-37(32)28-15-7-8-19-33(28)58-34/h1-23H,49-55H2. The van der Waals surface area contributed by atoms with Gasteiger partial charge >= 0.3 is 0 Å². The number of aromatic nitrogens is 2. The van der Waals surface area contributed by atoms with E-state index in [4.69, 9.17) is 4.42 Å². The minimum absolute atomic E-state index is 0.910. The molecule has 3 nitrogen and oxygen atoms in total. The summed E-state index contributed by atoms with van der Waals surface area (Å²) in [6.07, 6.45) is 0. The molecule has 0 saturated carbocycles. The molecule has 0 amide bonds. The average Bonchev–Trinajstić information content (AvgIpc) is 3.93. The highest BCUT2D eigenvalue weighted by atomic mass is 16.3. The third-order valence-electron chi connectivity index (χ3n) is 13.4. The summed E-state index contributed by atoms with van der Waals surface area (Å²) < 4.78 is 11.5. The molecular formula is C48H37B7N2O. The first kappa shape index (κ1) is 34.8. The lowest BCUT2D eigenvalue weighted by Gasteiger charge is -2.19. The van der Waals surface area contributed by atoms with Crippen LogP contribution in [-0.4, -0.2) is 64.1 Å². The zero-order valence-electron chi connectivity index (χ0n) is 34.1. The van der Waals surface area contributed by atoms with Gasteiger partial charge < -0.3 is 13.6 Å². The Morgan fingerprint density at radius 2 is 1.02 bits per heavy atom. The topological polar surface area (TPSA) is 23.0 Å². The molecule has 3 heterocycles. The number of rotatable bonds is 4. The Bertz CT molecular complexity index is 3530. The first-order valence-electron chi connectivity index (χ1n) is 20.4. The number of benzene rings is 8. The van der Waals surface area contributed by atoms with Gasteiger partial charge in [-0.05, 0) is 76.2 Å². The maximum absolute atomic E-state index is 6.48. The SMILES string of the molecule is Bc1c(B)c(B)c2c(c1B)c1c(B)c(-c3ccc4c(c3)c3c(-c5ccccc5)cccc3n4-c3ccccc3)c(B)c(B)c1n2-c1cccc2oc3ccccc3c12. The smallest absolute Gasteiger partial charge is 0.141 e. The molecular weight excluding hydrogens is 696 g/mol. The summed E-state index contributed by atoms with van der Waals surface area (Å²) in [6, 6.07) is 50.5. The van der Waals surface area contributed by atoms with Gasteiger partial charge in [0, 0.05) is 38.3 Å². The van der Waals surface area contributed by atoms with E-state index in [1.165, 1.54) is 104 Å². The van der Waals surface area contributed by atoms with Gasteiger partial charge in [0.15, 0.2) is 0 Å². The quantitative estimate of drug-likeness (QED) is 0.247. The molecule has 0 saturated heterocycles. The summed E-state index contributed by atoms with van der Waals surface area (Å²) >= 11 is 0. The molecule has 0 unspecified atom stereocenters. The lowest BCUT2D eigenvalue weighted by Crippen LogP contribution is -2.48. The third kappa shape index (κ3) is 4.72. The van der Waals surface area contributed by atoms with Gasteiger partial charge in [-0.1, -0.05) is 124 Å². The second-order valence-corrected chi connectivity index (χ2v) is 16.2. The largest absolute Gasteiger partial charge is 0.456 e. The van der Waals surface area contributed by atoms with Crippen molar-refractivity contribution in [2.75, 3.05) is 0 Å². The van der Waals surface area contributed by atoms with Crippen LogP contribution in [0.2, 0.25) is 0 Å². The summed E-state index contributed by atoms with van der Waals surface area (Å²) in [4.78, 5) is 0. The first-order chi connectivity index (χ1) is 28.2. The Labute approximate surface area is 343 Å². The summed E-state index contributed by atoms with van der Waals surface area (Å²) in [7, 11) is 16.2. The van der Waals surface area contributed by atoms with Gasteiger partial charge in [-0.15, -0.1) is 5.46 Å². The van der Waals surface area contributed by atoms with E-state index < -0.39 is 0 Å². The first-order valence-corrected chi connectivity index (χ1v) is 20.4. The molecule has 8 aromatic carbocycles. The van der Waals surface area contributed by atoms with Crippen LogP contribution >= 0.6 is 0 Å². The van der Waals surface area contributed by atoms with Gasteiger partial charge in [0.05, 0.1) is 22.1 Å². The number of furan rings is 1. The fourth-order valence-electron chi connectivity index (χ4n) is 10.3. The highest BCUT2D eigenvalue weighted by molar-refractivity contribution is 6.69. The van der Waals surface area contributed by atoms with Crippen molar-refractivity contribution >= 4 is 159 Å². The van der Waals surface area contributed by atoms with Crippen molar-refractivity contribution in [1.82, 2.24) is 9.13 Å². The van der Waals surface area contributed by atoms with Crippen molar-refractivity contribution in [3.8, 4) is 33.6 Å². The maximum atomic E-state index is 6.48. The second-order valence-electron chi connectivity index (χ2n) is 16.2. The molecule has 0 aliphatic carbocycles. The Morgan fingerprint density at radius 1 is 0.379 bits per heavy atom. The summed E-state index contributed by atoms with van der Waals surface area (Å²) in [6.45, 7) is 0. The van der Waals surface area contributed by atoms with Crippen LogP contribution < -0.4 is 38.2 Å². The highest BCUT2D eigenvalue weighted by Crippen LogP contribution is 2.41. The normalized spacial score (nSPS) is 11.9. The molecule has 0 N–H and O–H groups in total. The molecule has 0 aliphatic heterocycles. The van der Waals surface area contributed by atoms with E-state index in [-0.39, 0.29) is 0 Å². The molecule has 266 valence electrons. The van der Waals surface area contributed by atoms with E-state index >= 15 is 0 Å². The predicted octanol–water partition coefficient (Wildman–Crippen LogP) is 0.923. The zero-order valence-corrected chi connectivity index (χ0v) is 34.1. The van der Waals surface area contributed by atoms with Crippen molar-refractivity contribution in [2.45, 2.75) is 0 Å². The van der Waals surface area contributed by atoms with Crippen molar-refractivity contribution in [3.63, 3.8) is 0 Å². The van der Waals surface area contributed by atoms with Gasteiger partial charge in [0.1, 0.15) is 66.1 Å². The van der Waals surface area contributed by atoms with Gasteiger partial charge in [0.2, 0.25) is 0 Å². The molecule has 0 fully saturated rings. The van der Waals surface area contributed by atoms with E-state index in [0.717, 1.165) is 33.3 Å². The number of nitrogens with zero attached hydrogens (tertiary/aromatic N) is 2. The van der Waals surface area contributed by atoms with Crippen LogP contribution in [0.3, 0.4) is 0 Å². The van der Waals surface area contributed by atoms with E-state index in [1.807, 2.05) is 0 Å². The lowest BCUT2D eigenvalue weighted by atomic mass is 9.64. The van der Waals surface area contributed by atoms with Crippen molar-refractivity contribution in [3.05, 3.63) is 140 Å². The number of para-hydroxylation sites is 2. The fraction of sp³-hybridized carbons (Fsp3) is 0. The van der Waals surface area contributed by atoms with Crippen LogP contribution in [0.15, 0.2) is 144 Å². The van der Waals surface area contributed by atoms with Crippen LogP contribution in [0.5, 0.6) is 0 Å². The Kier molecular flexibility index (Phi) is 7.69. The molecule has 11 rings (SSSR count). The molecule has 0 aliphatic rings. The molecule has 11 aromatic rings. The van der Waals surface area contributed by atoms with Gasteiger partial charge in [-0.3, -0.25) is 0 Å². The summed E-state index contributed by atoms with van der Waals surface area (Å²) in [5, 5.41) is 7.50. The van der Waals surface area contributed by atoms with Crippen molar-refractivity contribution in [2.24, 2.45) is 0 Å². The fourth-order valence-corrected chi connectivity index (χ4v) is 10.3. The van der Waals surface area contributed by atoms with E-state index in [9.17, 15) is 0 Å². The van der Waals surface area contributed by atoms with Crippen LogP contribution in [0.1, 0.15) is 0 Å². The molecule has 10 heteroatoms. The molecule has 0 radical (unpaired) electrons. The average molecular weight is 734 g/mol. The highest BCUT2D eigenvalue weighted by Gasteiger charge is 2.27. The van der Waals surface area contributed by atoms with Gasteiger partial charge in [-0.25, -0.2) is 0 Å². The Balaban J connectivity index is 1.27. The minimum atomic E-state index is 0.910. The zero-order chi connectivity index (χ0) is 39.6. The summed E-state index contributed by atoms with van der Waals surface area (Å²) in [5.41, 5.74) is 23.4. The minimum Gasteiger partial charge on any atom is -0.456 e.